The van der Waals surface area contributed by atoms with Crippen molar-refractivity contribution in [3.63, 3.8) is 0 Å². The Balaban J connectivity index is 1.62. The molecule has 9 heteroatoms. The lowest BCUT2D eigenvalue weighted by Gasteiger charge is -2.34. The Kier molecular flexibility index (Phi) is 4.39. The van der Waals surface area contributed by atoms with Crippen molar-refractivity contribution in [1.82, 2.24) is 25.2 Å². The van der Waals surface area contributed by atoms with Crippen LogP contribution < -0.4 is 5.32 Å². The number of carbonyl (C=O) groups excluding carboxylic acids is 1. The van der Waals surface area contributed by atoms with Crippen LogP contribution in [0.25, 0.3) is 0 Å². The molecule has 0 aromatic carbocycles. The molecule has 0 aliphatic carbocycles. The summed E-state index contributed by atoms with van der Waals surface area (Å²) in [6.45, 7) is 7.23. The van der Waals surface area contributed by atoms with E-state index in [9.17, 15) is 4.79 Å². The van der Waals surface area contributed by atoms with Crippen LogP contribution in [0.4, 0.5) is 5.82 Å². The van der Waals surface area contributed by atoms with Crippen molar-refractivity contribution in [3.8, 4) is 0 Å². The molecule has 0 saturated carbocycles. The Hall–Kier alpha value is -2.26. The second-order valence-corrected chi connectivity index (χ2v) is 5.62. The smallest absolute Gasteiger partial charge is 0.242 e. The molecule has 0 bridgehead atoms. The summed E-state index contributed by atoms with van der Waals surface area (Å²) >= 11 is 0. The van der Waals surface area contributed by atoms with E-state index in [1.165, 1.54) is 0 Å². The second kappa shape index (κ2) is 6.47. The van der Waals surface area contributed by atoms with Crippen LogP contribution in [0.2, 0.25) is 0 Å². The van der Waals surface area contributed by atoms with Crippen molar-refractivity contribution in [2.45, 2.75) is 32.9 Å². The Bertz CT molecular complexity index is 682. The van der Waals surface area contributed by atoms with E-state index in [1.54, 1.807) is 13.0 Å². The summed E-state index contributed by atoms with van der Waals surface area (Å²) in [6, 6.07) is 1.36. The molecule has 2 aromatic rings. The second-order valence-electron chi connectivity index (χ2n) is 5.62. The van der Waals surface area contributed by atoms with Gasteiger partial charge in [0.05, 0.1) is 12.6 Å². The van der Waals surface area contributed by atoms with E-state index in [0.29, 0.717) is 37.1 Å². The molecule has 3 rings (SSSR count). The van der Waals surface area contributed by atoms with Gasteiger partial charge in [-0.2, -0.15) is 5.10 Å². The molecule has 1 amide bonds. The molecule has 1 saturated heterocycles. The normalized spacial score (nSPS) is 20.4. The maximum absolute atomic E-state index is 12.4. The molecule has 23 heavy (non-hydrogen) atoms. The number of ether oxygens (including phenoxy) is 1. The molecule has 2 aromatic heterocycles. The van der Waals surface area contributed by atoms with E-state index in [2.05, 4.69) is 25.7 Å². The molecule has 1 aliphatic heterocycles. The quantitative estimate of drug-likeness (QED) is 0.858. The SMILES string of the molecule is Cc1nc(C2CN(C(C)C(=O)Nc3cc(C)on3)CCO2)n[nH]1. The first-order valence-electron chi connectivity index (χ1n) is 7.51. The van der Waals surface area contributed by atoms with Crippen molar-refractivity contribution in [2.24, 2.45) is 0 Å². The van der Waals surface area contributed by atoms with Gasteiger partial charge in [0.2, 0.25) is 5.91 Å². The first kappa shape index (κ1) is 15.6. The number of aromatic nitrogens is 4. The molecule has 3 heterocycles. The summed E-state index contributed by atoms with van der Waals surface area (Å²) in [7, 11) is 0. The lowest BCUT2D eigenvalue weighted by molar-refractivity contribution is -0.124. The lowest BCUT2D eigenvalue weighted by atomic mass is 10.2. The van der Waals surface area contributed by atoms with Gasteiger partial charge in [0.25, 0.3) is 0 Å². The highest BCUT2D eigenvalue weighted by molar-refractivity contribution is 5.93. The van der Waals surface area contributed by atoms with Gasteiger partial charge in [-0.3, -0.25) is 14.8 Å². The van der Waals surface area contributed by atoms with Crippen LogP contribution in [0.3, 0.4) is 0 Å². The summed E-state index contributed by atoms with van der Waals surface area (Å²) in [5.74, 6) is 2.30. The van der Waals surface area contributed by atoms with Crippen molar-refractivity contribution < 1.29 is 14.1 Å². The number of carbonyl (C=O) groups is 1. The standard InChI is InChI=1S/C14H20N6O3/c1-8-6-12(19-23-8)16-14(21)9(2)20-4-5-22-11(7-20)13-15-10(3)17-18-13/h6,9,11H,4-5,7H2,1-3H3,(H,15,17,18)(H,16,19,21). The fourth-order valence-corrected chi connectivity index (χ4v) is 2.50. The number of anilines is 1. The number of morpholine rings is 1. The molecule has 9 nitrogen and oxygen atoms in total. The first-order chi connectivity index (χ1) is 11.0. The van der Waals surface area contributed by atoms with Crippen LogP contribution in [0.1, 0.15) is 30.4 Å². The maximum atomic E-state index is 12.4. The maximum Gasteiger partial charge on any atom is 0.242 e. The molecule has 0 radical (unpaired) electrons. The molecular formula is C14H20N6O3. The molecule has 2 N–H and O–H groups in total. The monoisotopic (exact) mass is 320 g/mol. The Morgan fingerprint density at radius 1 is 1.52 bits per heavy atom. The van der Waals surface area contributed by atoms with Gasteiger partial charge in [-0.1, -0.05) is 5.16 Å². The molecule has 124 valence electrons. The Morgan fingerprint density at radius 3 is 3.00 bits per heavy atom. The van der Waals surface area contributed by atoms with E-state index in [0.717, 1.165) is 5.82 Å². The van der Waals surface area contributed by atoms with Crippen molar-refractivity contribution in [3.05, 3.63) is 23.5 Å². The van der Waals surface area contributed by atoms with Crippen molar-refractivity contribution in [2.75, 3.05) is 25.0 Å². The van der Waals surface area contributed by atoms with Gasteiger partial charge >= 0.3 is 0 Å². The predicted octanol–water partition coefficient (Wildman–Crippen LogP) is 0.810. The van der Waals surface area contributed by atoms with Gasteiger partial charge < -0.3 is 14.6 Å². The zero-order valence-corrected chi connectivity index (χ0v) is 13.4. The van der Waals surface area contributed by atoms with Gasteiger partial charge in [-0.25, -0.2) is 4.98 Å². The van der Waals surface area contributed by atoms with Gasteiger partial charge in [0.15, 0.2) is 11.6 Å². The number of aromatic amines is 1. The molecule has 0 spiro atoms. The predicted molar refractivity (Wildman–Crippen MR) is 80.7 cm³/mol. The molecular weight excluding hydrogens is 300 g/mol. The number of aryl methyl sites for hydroxylation is 2. The summed E-state index contributed by atoms with van der Waals surface area (Å²) < 4.78 is 10.7. The van der Waals surface area contributed by atoms with Crippen molar-refractivity contribution >= 4 is 11.7 Å². The van der Waals surface area contributed by atoms with Crippen molar-refractivity contribution in [1.29, 1.82) is 0 Å². The highest BCUT2D eigenvalue weighted by atomic mass is 16.5. The lowest BCUT2D eigenvalue weighted by Crippen LogP contribution is -2.48. The topological polar surface area (TPSA) is 109 Å². The number of nitrogens with one attached hydrogen (secondary N) is 2. The highest BCUT2D eigenvalue weighted by Gasteiger charge is 2.30. The summed E-state index contributed by atoms with van der Waals surface area (Å²) in [5.41, 5.74) is 0. The highest BCUT2D eigenvalue weighted by Crippen LogP contribution is 2.21. The van der Waals surface area contributed by atoms with E-state index in [1.807, 2.05) is 18.7 Å². The minimum absolute atomic E-state index is 0.134. The van der Waals surface area contributed by atoms with E-state index < -0.39 is 0 Å². The number of hydrogen-bond acceptors (Lipinski definition) is 7. The van der Waals surface area contributed by atoms with Gasteiger partial charge in [-0.15, -0.1) is 0 Å². The Morgan fingerprint density at radius 2 is 2.35 bits per heavy atom. The van der Waals surface area contributed by atoms with Gasteiger partial charge in [-0.05, 0) is 20.8 Å². The van der Waals surface area contributed by atoms with Crippen LogP contribution in [0, 0.1) is 13.8 Å². The van der Waals surface area contributed by atoms with E-state index >= 15 is 0 Å². The largest absolute Gasteiger partial charge is 0.367 e. The van der Waals surface area contributed by atoms with E-state index in [4.69, 9.17) is 9.26 Å². The minimum atomic E-state index is -0.321. The zero-order valence-electron chi connectivity index (χ0n) is 13.4. The fourth-order valence-electron chi connectivity index (χ4n) is 2.50. The summed E-state index contributed by atoms with van der Waals surface area (Å²) in [6.07, 6.45) is -0.238. The third-order valence-electron chi connectivity index (χ3n) is 3.81. The minimum Gasteiger partial charge on any atom is -0.367 e. The first-order valence-corrected chi connectivity index (χ1v) is 7.51. The number of hydrogen-bond donors (Lipinski definition) is 2. The average Bonchev–Trinajstić information content (AvgIpc) is 3.15. The number of rotatable bonds is 4. The zero-order chi connectivity index (χ0) is 16.4. The van der Waals surface area contributed by atoms with Gasteiger partial charge in [0, 0.05) is 19.2 Å². The summed E-state index contributed by atoms with van der Waals surface area (Å²) in [5, 5.41) is 13.5. The third-order valence-corrected chi connectivity index (χ3v) is 3.81. The Labute approximate surface area is 133 Å². The van der Waals surface area contributed by atoms with Gasteiger partial charge in [0.1, 0.15) is 17.7 Å². The van der Waals surface area contributed by atoms with Crippen LogP contribution in [0.5, 0.6) is 0 Å². The van der Waals surface area contributed by atoms with Crippen LogP contribution in [0.15, 0.2) is 10.6 Å². The summed E-state index contributed by atoms with van der Waals surface area (Å²) in [4.78, 5) is 18.7. The average molecular weight is 320 g/mol. The molecule has 2 atom stereocenters. The number of H-pyrrole nitrogens is 1. The van der Waals surface area contributed by atoms with Crippen LogP contribution in [-0.4, -0.2) is 56.9 Å². The number of nitrogens with zero attached hydrogens (tertiary/aromatic N) is 4. The molecule has 2 unspecified atom stereocenters. The molecule has 1 fully saturated rings. The fraction of sp³-hybridized carbons (Fsp3) is 0.571. The van der Waals surface area contributed by atoms with Crippen LogP contribution >= 0.6 is 0 Å². The third kappa shape index (κ3) is 3.57. The number of amides is 1. The van der Waals surface area contributed by atoms with Crippen LogP contribution in [-0.2, 0) is 9.53 Å². The van der Waals surface area contributed by atoms with E-state index in [-0.39, 0.29) is 18.1 Å². The molecule has 1 aliphatic rings.